The van der Waals surface area contributed by atoms with Gasteiger partial charge in [0.15, 0.2) is 0 Å². The van der Waals surface area contributed by atoms with Crippen LogP contribution in [-0.2, 0) is 6.54 Å². The molecule has 1 N–H and O–H groups in total. The molecule has 0 radical (unpaired) electrons. The van der Waals surface area contributed by atoms with Gasteiger partial charge in [-0.25, -0.2) is 9.78 Å². The maximum atomic E-state index is 11.0. The lowest BCUT2D eigenvalue weighted by atomic mass is 10.1. The first-order valence-electron chi connectivity index (χ1n) is 8.28. The van der Waals surface area contributed by atoms with Crippen molar-refractivity contribution >= 4 is 11.7 Å². The molecule has 0 spiro atoms. The average molecular weight is 325 g/mol. The summed E-state index contributed by atoms with van der Waals surface area (Å²) in [5.74, 6) is -0.389. The highest BCUT2D eigenvalue weighted by Crippen LogP contribution is 2.22. The van der Waals surface area contributed by atoms with Gasteiger partial charge in [0, 0.05) is 38.6 Å². The molecule has 5 nitrogen and oxygen atoms in total. The third-order valence-electron chi connectivity index (χ3n) is 4.55. The Balaban J connectivity index is 1.55. The molecule has 126 valence electrons. The Bertz CT molecular complexity index is 690. The summed E-state index contributed by atoms with van der Waals surface area (Å²) in [6.07, 6.45) is 2.74. The molecular formula is C19H23N3O2. The van der Waals surface area contributed by atoms with Crippen LogP contribution in [-0.4, -0.2) is 47.6 Å². The normalized spacial score (nSPS) is 17.8. The summed E-state index contributed by atoms with van der Waals surface area (Å²) in [7, 11) is 2.01. The number of likely N-dealkylation sites (tertiary alicyclic amines) is 1. The van der Waals surface area contributed by atoms with Crippen molar-refractivity contribution in [2.24, 2.45) is 5.92 Å². The second-order valence-corrected chi connectivity index (χ2v) is 6.46. The molecule has 1 fully saturated rings. The lowest BCUT2D eigenvalue weighted by molar-refractivity contribution is 0.0690. The number of aromatic nitrogens is 1. The fourth-order valence-corrected chi connectivity index (χ4v) is 3.31. The zero-order valence-electron chi connectivity index (χ0n) is 13.9. The number of pyridine rings is 1. The fraction of sp³-hybridized carbons (Fsp3) is 0.368. The van der Waals surface area contributed by atoms with Gasteiger partial charge in [-0.2, -0.15) is 0 Å². The predicted octanol–water partition coefficient (Wildman–Crippen LogP) is 2.74. The number of benzene rings is 1. The number of hydrogen-bond acceptors (Lipinski definition) is 4. The highest BCUT2D eigenvalue weighted by Gasteiger charge is 2.23. The molecule has 1 aromatic heterocycles. The maximum Gasteiger partial charge on any atom is 0.354 e. The van der Waals surface area contributed by atoms with E-state index in [9.17, 15) is 4.79 Å². The van der Waals surface area contributed by atoms with Gasteiger partial charge in [0.1, 0.15) is 5.69 Å². The van der Waals surface area contributed by atoms with Crippen molar-refractivity contribution < 1.29 is 9.90 Å². The first kappa shape index (κ1) is 16.5. The number of carbonyl (C=O) groups is 1. The smallest absolute Gasteiger partial charge is 0.354 e. The van der Waals surface area contributed by atoms with Crippen molar-refractivity contribution in [2.45, 2.75) is 13.0 Å². The standard InChI is InChI=1S/C19H23N3O2/c1-21(17-7-9-20-18(11-17)19(23)24)12-16-8-10-22(14-16)13-15-5-3-2-4-6-15/h2-7,9,11,16H,8,10,12-14H2,1H3,(H,23,24). The van der Waals surface area contributed by atoms with Gasteiger partial charge >= 0.3 is 5.97 Å². The van der Waals surface area contributed by atoms with Crippen LogP contribution >= 0.6 is 0 Å². The van der Waals surface area contributed by atoms with Crippen molar-refractivity contribution in [2.75, 3.05) is 31.6 Å². The third kappa shape index (κ3) is 4.11. The van der Waals surface area contributed by atoms with Gasteiger partial charge in [0.25, 0.3) is 0 Å². The second kappa shape index (κ2) is 7.45. The van der Waals surface area contributed by atoms with Crippen molar-refractivity contribution in [1.82, 2.24) is 9.88 Å². The van der Waals surface area contributed by atoms with E-state index in [4.69, 9.17) is 5.11 Å². The highest BCUT2D eigenvalue weighted by atomic mass is 16.4. The number of anilines is 1. The minimum absolute atomic E-state index is 0.0940. The summed E-state index contributed by atoms with van der Waals surface area (Å²) in [5, 5.41) is 9.06. The van der Waals surface area contributed by atoms with Crippen LogP contribution in [0.2, 0.25) is 0 Å². The van der Waals surface area contributed by atoms with Crippen LogP contribution in [0.5, 0.6) is 0 Å². The number of carboxylic acid groups (broad SMARTS) is 1. The number of carboxylic acids is 1. The Kier molecular flexibility index (Phi) is 5.11. The van der Waals surface area contributed by atoms with Crippen LogP contribution in [0, 0.1) is 5.92 Å². The number of rotatable bonds is 6. The number of aromatic carboxylic acids is 1. The molecule has 1 aliphatic rings. The summed E-state index contributed by atoms with van der Waals surface area (Å²) in [4.78, 5) is 19.5. The van der Waals surface area contributed by atoms with E-state index in [0.717, 1.165) is 31.9 Å². The Morgan fingerprint density at radius 1 is 1.33 bits per heavy atom. The van der Waals surface area contributed by atoms with E-state index in [0.29, 0.717) is 5.92 Å². The molecule has 3 rings (SSSR count). The van der Waals surface area contributed by atoms with Gasteiger partial charge in [-0.3, -0.25) is 4.90 Å². The summed E-state index contributed by atoms with van der Waals surface area (Å²) < 4.78 is 0. The van der Waals surface area contributed by atoms with Crippen LogP contribution in [0.15, 0.2) is 48.7 Å². The van der Waals surface area contributed by atoms with E-state index in [1.807, 2.05) is 19.2 Å². The van der Waals surface area contributed by atoms with E-state index < -0.39 is 5.97 Å². The van der Waals surface area contributed by atoms with E-state index in [2.05, 4.69) is 39.0 Å². The Morgan fingerprint density at radius 2 is 2.12 bits per heavy atom. The molecule has 0 aliphatic carbocycles. The molecular weight excluding hydrogens is 302 g/mol. The first-order valence-corrected chi connectivity index (χ1v) is 8.28. The topological polar surface area (TPSA) is 56.7 Å². The van der Waals surface area contributed by atoms with Gasteiger partial charge in [0.05, 0.1) is 0 Å². The average Bonchev–Trinajstić information content (AvgIpc) is 3.02. The van der Waals surface area contributed by atoms with Crippen molar-refractivity contribution in [3.63, 3.8) is 0 Å². The Hall–Kier alpha value is -2.40. The highest BCUT2D eigenvalue weighted by molar-refractivity contribution is 5.86. The van der Waals surface area contributed by atoms with Crippen LogP contribution < -0.4 is 4.90 Å². The quantitative estimate of drug-likeness (QED) is 0.885. The van der Waals surface area contributed by atoms with E-state index in [1.165, 1.54) is 12.0 Å². The molecule has 0 saturated carbocycles. The molecule has 5 heteroatoms. The van der Waals surface area contributed by atoms with Crippen LogP contribution in [0.4, 0.5) is 5.69 Å². The van der Waals surface area contributed by atoms with Gasteiger partial charge in [-0.15, -0.1) is 0 Å². The van der Waals surface area contributed by atoms with Crippen LogP contribution in [0.1, 0.15) is 22.5 Å². The summed E-state index contributed by atoms with van der Waals surface area (Å²) in [5.41, 5.74) is 2.35. The Labute approximate surface area is 142 Å². The maximum absolute atomic E-state index is 11.0. The van der Waals surface area contributed by atoms with E-state index in [-0.39, 0.29) is 5.69 Å². The first-order chi connectivity index (χ1) is 11.6. The number of hydrogen-bond donors (Lipinski definition) is 1. The minimum Gasteiger partial charge on any atom is -0.477 e. The molecule has 0 amide bonds. The molecule has 1 aromatic carbocycles. The SMILES string of the molecule is CN(CC1CCN(Cc2ccccc2)C1)c1ccnc(C(=O)O)c1. The summed E-state index contributed by atoms with van der Waals surface area (Å²) in [6.45, 7) is 4.12. The van der Waals surface area contributed by atoms with Crippen molar-refractivity contribution in [1.29, 1.82) is 0 Å². The van der Waals surface area contributed by atoms with Gasteiger partial charge in [0.2, 0.25) is 0 Å². The molecule has 1 aliphatic heterocycles. The fourth-order valence-electron chi connectivity index (χ4n) is 3.31. The lowest BCUT2D eigenvalue weighted by Gasteiger charge is -2.23. The molecule has 1 saturated heterocycles. The van der Waals surface area contributed by atoms with E-state index in [1.54, 1.807) is 12.3 Å². The molecule has 1 atom stereocenters. The van der Waals surface area contributed by atoms with Crippen LogP contribution in [0.25, 0.3) is 0 Å². The summed E-state index contributed by atoms with van der Waals surface area (Å²) in [6, 6.07) is 14.1. The molecule has 2 heterocycles. The van der Waals surface area contributed by atoms with Crippen molar-refractivity contribution in [3.05, 3.63) is 59.9 Å². The monoisotopic (exact) mass is 325 g/mol. The van der Waals surface area contributed by atoms with Crippen molar-refractivity contribution in [3.8, 4) is 0 Å². The zero-order valence-corrected chi connectivity index (χ0v) is 13.9. The molecule has 1 unspecified atom stereocenters. The third-order valence-corrected chi connectivity index (χ3v) is 4.55. The lowest BCUT2D eigenvalue weighted by Crippen LogP contribution is -2.28. The largest absolute Gasteiger partial charge is 0.477 e. The zero-order chi connectivity index (χ0) is 16.9. The van der Waals surface area contributed by atoms with E-state index >= 15 is 0 Å². The molecule has 24 heavy (non-hydrogen) atoms. The van der Waals surface area contributed by atoms with Crippen LogP contribution in [0.3, 0.4) is 0 Å². The van der Waals surface area contributed by atoms with Gasteiger partial charge in [-0.1, -0.05) is 30.3 Å². The van der Waals surface area contributed by atoms with Gasteiger partial charge in [-0.05, 0) is 36.6 Å². The second-order valence-electron chi connectivity index (χ2n) is 6.46. The minimum atomic E-state index is -0.986. The molecule has 0 bridgehead atoms. The molecule has 2 aromatic rings. The summed E-state index contributed by atoms with van der Waals surface area (Å²) >= 11 is 0. The van der Waals surface area contributed by atoms with Gasteiger partial charge < -0.3 is 10.0 Å². The number of nitrogens with zero attached hydrogens (tertiary/aromatic N) is 3. The predicted molar refractivity (Wildman–Crippen MR) is 94.3 cm³/mol. The Morgan fingerprint density at radius 3 is 2.88 bits per heavy atom.